The number of fused-ring (bicyclic) bond motifs is 2. The lowest BCUT2D eigenvalue weighted by Crippen LogP contribution is -2.35. The standard InChI is InChI=1S/C21H18BrN5O4/c22-13-7-12-2-5-31-19(12)14(8-13)21(29)26-17-10-30-6-4-27-18(28)9-16(25-20(17)27)15-1-3-23-11-24-15/h1,3,7-9,11,17H,2,4-6,10H2,(H,26,29). The predicted molar refractivity (Wildman–Crippen MR) is 114 cm³/mol. The van der Waals surface area contributed by atoms with Crippen molar-refractivity contribution in [3.8, 4) is 17.1 Å². The van der Waals surface area contributed by atoms with Gasteiger partial charge in [-0.25, -0.2) is 15.0 Å². The second kappa shape index (κ2) is 8.20. The number of halogens is 1. The Hall–Kier alpha value is -3.11. The lowest BCUT2D eigenvalue weighted by atomic mass is 10.1. The van der Waals surface area contributed by atoms with Crippen LogP contribution < -0.4 is 15.6 Å². The minimum absolute atomic E-state index is 0.197. The van der Waals surface area contributed by atoms with Crippen LogP contribution in [0.5, 0.6) is 5.75 Å². The topological polar surface area (TPSA) is 108 Å². The first-order valence-electron chi connectivity index (χ1n) is 9.82. The quantitative estimate of drug-likeness (QED) is 0.605. The highest BCUT2D eigenvalue weighted by Crippen LogP contribution is 2.33. The highest BCUT2D eigenvalue weighted by Gasteiger charge is 2.28. The van der Waals surface area contributed by atoms with Crippen molar-refractivity contribution in [1.82, 2.24) is 24.8 Å². The molecule has 0 spiro atoms. The molecule has 0 saturated heterocycles. The molecule has 3 aromatic rings. The number of benzene rings is 1. The van der Waals surface area contributed by atoms with Gasteiger partial charge in [0.25, 0.3) is 11.5 Å². The van der Waals surface area contributed by atoms with Crippen molar-refractivity contribution < 1.29 is 14.3 Å². The van der Waals surface area contributed by atoms with Gasteiger partial charge >= 0.3 is 0 Å². The molecule has 2 aliphatic rings. The van der Waals surface area contributed by atoms with E-state index in [9.17, 15) is 9.59 Å². The molecular formula is C21H18BrN5O4. The highest BCUT2D eigenvalue weighted by molar-refractivity contribution is 9.10. The van der Waals surface area contributed by atoms with Crippen LogP contribution in [0.4, 0.5) is 0 Å². The fourth-order valence-electron chi connectivity index (χ4n) is 3.80. The van der Waals surface area contributed by atoms with Gasteiger partial charge in [0.05, 0.1) is 43.3 Å². The van der Waals surface area contributed by atoms with Crippen molar-refractivity contribution >= 4 is 21.8 Å². The van der Waals surface area contributed by atoms with Gasteiger partial charge in [0.1, 0.15) is 23.9 Å². The molecule has 158 valence electrons. The number of carbonyl (C=O) groups is 1. The maximum atomic E-state index is 13.2. The Morgan fingerprint density at radius 2 is 2.13 bits per heavy atom. The van der Waals surface area contributed by atoms with Crippen LogP contribution in [-0.2, 0) is 17.7 Å². The number of amides is 1. The van der Waals surface area contributed by atoms with Crippen molar-refractivity contribution in [2.75, 3.05) is 19.8 Å². The summed E-state index contributed by atoms with van der Waals surface area (Å²) in [6.07, 6.45) is 3.74. The van der Waals surface area contributed by atoms with Crippen LogP contribution in [0.2, 0.25) is 0 Å². The summed E-state index contributed by atoms with van der Waals surface area (Å²) in [6, 6.07) is 6.19. The zero-order valence-corrected chi connectivity index (χ0v) is 18.0. The molecule has 2 aliphatic heterocycles. The van der Waals surface area contributed by atoms with Gasteiger partial charge in [0.15, 0.2) is 0 Å². The van der Waals surface area contributed by atoms with Crippen LogP contribution in [0.1, 0.15) is 27.8 Å². The Kier molecular flexibility index (Phi) is 5.24. The third kappa shape index (κ3) is 3.84. The Bertz CT molecular complexity index is 1210. The fraction of sp³-hybridized carbons (Fsp3) is 0.286. The number of nitrogens with one attached hydrogen (secondary N) is 1. The van der Waals surface area contributed by atoms with E-state index in [-0.39, 0.29) is 18.1 Å². The van der Waals surface area contributed by atoms with Crippen LogP contribution in [0.25, 0.3) is 11.4 Å². The lowest BCUT2D eigenvalue weighted by Gasteiger charge is -2.19. The molecule has 2 aromatic heterocycles. The van der Waals surface area contributed by atoms with Crippen molar-refractivity contribution in [3.05, 3.63) is 68.6 Å². The van der Waals surface area contributed by atoms with Gasteiger partial charge in [-0.3, -0.25) is 14.2 Å². The first-order valence-corrected chi connectivity index (χ1v) is 10.6. The molecule has 5 rings (SSSR count). The second-order valence-electron chi connectivity index (χ2n) is 7.23. The molecule has 0 saturated carbocycles. The molecule has 1 N–H and O–H groups in total. The molecule has 0 fully saturated rings. The van der Waals surface area contributed by atoms with E-state index in [0.717, 1.165) is 16.5 Å². The predicted octanol–water partition coefficient (Wildman–Crippen LogP) is 1.90. The summed E-state index contributed by atoms with van der Waals surface area (Å²) in [6.45, 7) is 1.44. The number of aromatic nitrogens is 4. The maximum Gasteiger partial charge on any atom is 0.255 e. The minimum atomic E-state index is -0.611. The number of ether oxygens (including phenoxy) is 2. The third-order valence-electron chi connectivity index (χ3n) is 5.24. The normalized spacial score (nSPS) is 17.3. The average Bonchev–Trinajstić information content (AvgIpc) is 3.15. The molecule has 0 radical (unpaired) electrons. The van der Waals surface area contributed by atoms with E-state index in [1.807, 2.05) is 6.07 Å². The molecule has 4 heterocycles. The summed E-state index contributed by atoms with van der Waals surface area (Å²) in [5.41, 5.74) is 2.15. The summed E-state index contributed by atoms with van der Waals surface area (Å²) in [7, 11) is 0. The summed E-state index contributed by atoms with van der Waals surface area (Å²) >= 11 is 3.46. The van der Waals surface area contributed by atoms with E-state index in [4.69, 9.17) is 9.47 Å². The summed E-state index contributed by atoms with van der Waals surface area (Å²) in [5, 5.41) is 2.97. The maximum absolute atomic E-state index is 13.2. The van der Waals surface area contributed by atoms with Gasteiger partial charge < -0.3 is 14.8 Å². The molecular weight excluding hydrogens is 466 g/mol. The fourth-order valence-corrected chi connectivity index (χ4v) is 4.30. The van der Waals surface area contributed by atoms with Crippen LogP contribution in [0.15, 0.2) is 46.1 Å². The Morgan fingerprint density at radius 1 is 1.23 bits per heavy atom. The van der Waals surface area contributed by atoms with Crippen LogP contribution in [-0.4, -0.2) is 45.2 Å². The molecule has 1 unspecified atom stereocenters. The number of nitrogens with zero attached hydrogens (tertiary/aromatic N) is 4. The molecule has 1 atom stereocenters. The van der Waals surface area contributed by atoms with E-state index < -0.39 is 6.04 Å². The smallest absolute Gasteiger partial charge is 0.255 e. The highest BCUT2D eigenvalue weighted by atomic mass is 79.9. The van der Waals surface area contributed by atoms with Crippen molar-refractivity contribution in [2.45, 2.75) is 19.0 Å². The Balaban J connectivity index is 1.52. The second-order valence-corrected chi connectivity index (χ2v) is 8.14. The summed E-state index contributed by atoms with van der Waals surface area (Å²) < 4.78 is 13.7. The van der Waals surface area contributed by atoms with Crippen molar-refractivity contribution in [3.63, 3.8) is 0 Å². The molecule has 0 aliphatic carbocycles. The zero-order chi connectivity index (χ0) is 21.4. The molecule has 1 aromatic carbocycles. The van der Waals surface area contributed by atoms with Gasteiger partial charge in [-0.2, -0.15) is 0 Å². The van der Waals surface area contributed by atoms with Crippen molar-refractivity contribution in [1.29, 1.82) is 0 Å². The monoisotopic (exact) mass is 483 g/mol. The number of rotatable bonds is 3. The van der Waals surface area contributed by atoms with Gasteiger partial charge in [-0.05, 0) is 23.8 Å². The first-order chi connectivity index (χ1) is 15.1. The largest absolute Gasteiger partial charge is 0.492 e. The van der Waals surface area contributed by atoms with E-state index >= 15 is 0 Å². The average molecular weight is 484 g/mol. The van der Waals surface area contributed by atoms with E-state index in [0.29, 0.717) is 48.3 Å². The number of hydrogen-bond acceptors (Lipinski definition) is 7. The molecule has 31 heavy (non-hydrogen) atoms. The van der Waals surface area contributed by atoms with Gasteiger partial charge in [0, 0.05) is 23.2 Å². The first kappa shape index (κ1) is 19.8. The minimum Gasteiger partial charge on any atom is -0.492 e. The lowest BCUT2D eigenvalue weighted by molar-refractivity contribution is 0.0852. The summed E-state index contributed by atoms with van der Waals surface area (Å²) in [4.78, 5) is 38.7. The number of hydrogen-bond donors (Lipinski definition) is 1. The Labute approximate surface area is 185 Å². The molecule has 0 bridgehead atoms. The van der Waals surface area contributed by atoms with E-state index in [1.54, 1.807) is 18.3 Å². The SMILES string of the molecule is O=C(NC1COCCn2c1nc(-c1ccncn1)cc2=O)c1cc(Br)cc2c1OCC2. The number of carbonyl (C=O) groups excluding carboxylic acids is 1. The van der Waals surface area contributed by atoms with Gasteiger partial charge in [-0.15, -0.1) is 0 Å². The van der Waals surface area contributed by atoms with Crippen LogP contribution >= 0.6 is 15.9 Å². The van der Waals surface area contributed by atoms with E-state index in [1.165, 1.54) is 17.0 Å². The molecule has 1 amide bonds. The zero-order valence-electron chi connectivity index (χ0n) is 16.4. The van der Waals surface area contributed by atoms with Gasteiger partial charge in [-0.1, -0.05) is 15.9 Å². The third-order valence-corrected chi connectivity index (χ3v) is 5.69. The van der Waals surface area contributed by atoms with Crippen LogP contribution in [0.3, 0.4) is 0 Å². The van der Waals surface area contributed by atoms with Crippen molar-refractivity contribution in [2.24, 2.45) is 0 Å². The Morgan fingerprint density at radius 3 is 2.97 bits per heavy atom. The van der Waals surface area contributed by atoms with E-state index in [2.05, 4.69) is 36.2 Å². The molecule has 9 nitrogen and oxygen atoms in total. The van der Waals surface area contributed by atoms with Crippen LogP contribution in [0, 0.1) is 0 Å². The van der Waals surface area contributed by atoms with Gasteiger partial charge in [0.2, 0.25) is 0 Å². The summed E-state index contributed by atoms with van der Waals surface area (Å²) in [5.74, 6) is 0.707. The molecule has 10 heteroatoms.